The predicted octanol–water partition coefficient (Wildman–Crippen LogP) is 0.250. The van der Waals surface area contributed by atoms with Gasteiger partial charge in [0.1, 0.15) is 0 Å². The number of Topliss-reactive ketones (excluding diaryl/α,β-unsaturated/α-hetero) is 2. The van der Waals surface area contributed by atoms with E-state index in [9.17, 15) is 27.6 Å². The smallest absolute Gasteiger partial charge is 0.450 e. The van der Waals surface area contributed by atoms with E-state index in [1.807, 2.05) is 0 Å². The zero-order chi connectivity index (χ0) is 10.6. The zero-order valence-electron chi connectivity index (χ0n) is 6.47. The number of rotatable bonds is 3. The summed E-state index contributed by atoms with van der Waals surface area (Å²) in [6.07, 6.45) is -6.60. The lowest BCUT2D eigenvalue weighted by molar-refractivity contribution is -0.173. The molecule has 0 aliphatic carbocycles. The molecule has 74 valence electrons. The molecule has 0 aromatic heterocycles. The highest BCUT2D eigenvalue weighted by atomic mass is 19.4. The van der Waals surface area contributed by atoms with Gasteiger partial charge in [-0.25, -0.2) is 4.79 Å². The third-order valence-corrected chi connectivity index (χ3v) is 1.05. The molecule has 0 saturated heterocycles. The number of esters is 1. The van der Waals surface area contributed by atoms with Gasteiger partial charge in [-0.15, -0.1) is 0 Å². The lowest BCUT2D eigenvalue weighted by Gasteiger charge is -2.02. The fourth-order valence-electron chi connectivity index (χ4n) is 0.432. The number of hydrogen-bond donors (Lipinski definition) is 0. The molecule has 0 saturated carbocycles. The molecule has 0 aliphatic rings. The SMILES string of the molecule is COC(=O)C(=O)CC(=O)C(F)(F)F. The average molecular weight is 198 g/mol. The Hall–Kier alpha value is -1.40. The molecule has 4 nitrogen and oxygen atoms in total. The fourth-order valence-corrected chi connectivity index (χ4v) is 0.432. The monoisotopic (exact) mass is 198 g/mol. The number of ketones is 2. The van der Waals surface area contributed by atoms with Crippen LogP contribution in [0.2, 0.25) is 0 Å². The number of halogens is 3. The zero-order valence-corrected chi connectivity index (χ0v) is 6.47. The molecule has 0 bridgehead atoms. The summed E-state index contributed by atoms with van der Waals surface area (Å²) in [7, 11) is 0.832. The van der Waals surface area contributed by atoms with Gasteiger partial charge in [-0.1, -0.05) is 0 Å². The van der Waals surface area contributed by atoms with Crippen molar-refractivity contribution >= 4 is 17.5 Å². The first-order valence-electron chi connectivity index (χ1n) is 3.00. The Morgan fingerprint density at radius 3 is 2.00 bits per heavy atom. The van der Waals surface area contributed by atoms with E-state index < -0.39 is 30.1 Å². The van der Waals surface area contributed by atoms with Gasteiger partial charge in [0, 0.05) is 0 Å². The topological polar surface area (TPSA) is 60.4 Å². The van der Waals surface area contributed by atoms with Crippen LogP contribution in [0, 0.1) is 0 Å². The maximum absolute atomic E-state index is 11.5. The van der Waals surface area contributed by atoms with Gasteiger partial charge in [0.25, 0.3) is 0 Å². The predicted molar refractivity (Wildman–Crippen MR) is 32.7 cm³/mol. The molecule has 0 aromatic rings. The molecule has 0 atom stereocenters. The second kappa shape index (κ2) is 4.01. The number of hydrogen-bond acceptors (Lipinski definition) is 4. The van der Waals surface area contributed by atoms with Crippen LogP contribution in [0.1, 0.15) is 6.42 Å². The third kappa shape index (κ3) is 3.68. The Balaban J connectivity index is 4.24. The van der Waals surface area contributed by atoms with Gasteiger partial charge in [-0.05, 0) is 0 Å². The van der Waals surface area contributed by atoms with Gasteiger partial charge in [0.2, 0.25) is 11.6 Å². The fraction of sp³-hybridized carbons (Fsp3) is 0.500. The minimum Gasteiger partial charge on any atom is -0.463 e. The number of carbonyl (C=O) groups excluding carboxylic acids is 3. The van der Waals surface area contributed by atoms with Gasteiger partial charge >= 0.3 is 12.1 Å². The molecular weight excluding hydrogens is 193 g/mol. The average Bonchev–Trinajstić information content (AvgIpc) is 2.01. The van der Waals surface area contributed by atoms with E-state index >= 15 is 0 Å². The van der Waals surface area contributed by atoms with E-state index in [2.05, 4.69) is 4.74 Å². The summed E-state index contributed by atoms with van der Waals surface area (Å²) in [6.45, 7) is 0. The Morgan fingerprint density at radius 1 is 1.23 bits per heavy atom. The molecular formula is C6H5F3O4. The van der Waals surface area contributed by atoms with Crippen molar-refractivity contribution in [3.8, 4) is 0 Å². The Bertz CT molecular complexity index is 243. The molecule has 0 fully saturated rings. The minimum atomic E-state index is -5.09. The summed E-state index contributed by atoms with van der Waals surface area (Å²) >= 11 is 0. The van der Waals surface area contributed by atoms with E-state index in [-0.39, 0.29) is 0 Å². The summed E-state index contributed by atoms with van der Waals surface area (Å²) in [5.41, 5.74) is 0. The molecule has 13 heavy (non-hydrogen) atoms. The molecule has 0 amide bonds. The van der Waals surface area contributed by atoms with Crippen molar-refractivity contribution in [1.82, 2.24) is 0 Å². The summed E-state index contributed by atoms with van der Waals surface area (Å²) in [5.74, 6) is -5.23. The second-order valence-electron chi connectivity index (χ2n) is 2.01. The third-order valence-electron chi connectivity index (χ3n) is 1.05. The summed E-state index contributed by atoms with van der Waals surface area (Å²) in [4.78, 5) is 30.9. The normalized spacial score (nSPS) is 10.8. The molecule has 7 heteroatoms. The van der Waals surface area contributed by atoms with Gasteiger partial charge in [-0.2, -0.15) is 13.2 Å². The van der Waals surface area contributed by atoms with E-state index in [1.165, 1.54) is 0 Å². The van der Waals surface area contributed by atoms with Crippen LogP contribution < -0.4 is 0 Å². The summed E-state index contributed by atoms with van der Waals surface area (Å²) < 4.78 is 38.4. The van der Waals surface area contributed by atoms with Crippen molar-refractivity contribution in [2.24, 2.45) is 0 Å². The van der Waals surface area contributed by atoms with Crippen LogP contribution >= 0.6 is 0 Å². The Morgan fingerprint density at radius 2 is 1.69 bits per heavy atom. The van der Waals surface area contributed by atoms with Crippen LogP contribution in [-0.2, 0) is 19.1 Å². The quantitative estimate of drug-likeness (QED) is 0.370. The number of carbonyl (C=O) groups is 3. The summed E-state index contributed by atoms with van der Waals surface area (Å²) in [6, 6.07) is 0. The second-order valence-corrected chi connectivity index (χ2v) is 2.01. The minimum absolute atomic E-state index is 0.832. The van der Waals surface area contributed by atoms with E-state index in [1.54, 1.807) is 0 Å². The number of ether oxygens (including phenoxy) is 1. The van der Waals surface area contributed by atoms with Crippen LogP contribution in [0.25, 0.3) is 0 Å². The van der Waals surface area contributed by atoms with Crippen LogP contribution in [0.5, 0.6) is 0 Å². The van der Waals surface area contributed by atoms with Crippen molar-refractivity contribution in [2.45, 2.75) is 12.6 Å². The molecule has 0 rings (SSSR count). The maximum atomic E-state index is 11.5. The van der Waals surface area contributed by atoms with Crippen LogP contribution in [0.4, 0.5) is 13.2 Å². The van der Waals surface area contributed by atoms with Crippen molar-refractivity contribution in [3.63, 3.8) is 0 Å². The van der Waals surface area contributed by atoms with E-state index in [4.69, 9.17) is 0 Å². The van der Waals surface area contributed by atoms with Crippen molar-refractivity contribution in [3.05, 3.63) is 0 Å². The van der Waals surface area contributed by atoms with Gasteiger partial charge in [0.15, 0.2) is 0 Å². The number of methoxy groups -OCH3 is 1. The molecule has 0 aliphatic heterocycles. The highest BCUT2D eigenvalue weighted by Crippen LogP contribution is 2.17. The molecule has 0 heterocycles. The Kier molecular flexibility index (Phi) is 3.58. The Labute approximate surface area is 70.7 Å². The molecule has 0 aromatic carbocycles. The van der Waals surface area contributed by atoms with E-state index in [0.29, 0.717) is 0 Å². The van der Waals surface area contributed by atoms with Crippen LogP contribution in [0.15, 0.2) is 0 Å². The molecule has 0 radical (unpaired) electrons. The first-order chi connectivity index (χ1) is 5.79. The largest absolute Gasteiger partial charge is 0.463 e. The summed E-state index contributed by atoms with van der Waals surface area (Å²) in [5, 5.41) is 0. The van der Waals surface area contributed by atoms with Gasteiger partial charge < -0.3 is 4.74 Å². The van der Waals surface area contributed by atoms with Crippen LogP contribution in [0.3, 0.4) is 0 Å². The first-order valence-corrected chi connectivity index (χ1v) is 3.00. The van der Waals surface area contributed by atoms with Crippen molar-refractivity contribution < 1.29 is 32.3 Å². The highest BCUT2D eigenvalue weighted by molar-refractivity contribution is 6.37. The van der Waals surface area contributed by atoms with Crippen molar-refractivity contribution in [1.29, 1.82) is 0 Å². The molecule has 0 N–H and O–H groups in total. The first kappa shape index (κ1) is 11.6. The van der Waals surface area contributed by atoms with Crippen LogP contribution in [-0.4, -0.2) is 30.8 Å². The number of alkyl halides is 3. The van der Waals surface area contributed by atoms with Gasteiger partial charge in [-0.3, -0.25) is 9.59 Å². The lowest BCUT2D eigenvalue weighted by atomic mass is 10.2. The maximum Gasteiger partial charge on any atom is 0.450 e. The van der Waals surface area contributed by atoms with E-state index in [0.717, 1.165) is 7.11 Å². The van der Waals surface area contributed by atoms with Crippen molar-refractivity contribution in [2.75, 3.05) is 7.11 Å². The standard InChI is InChI=1S/C6H5F3O4/c1-13-5(12)3(10)2-4(11)6(7,8)9/h2H2,1H3. The molecule has 0 spiro atoms. The molecule has 0 unspecified atom stereocenters. The van der Waals surface area contributed by atoms with Gasteiger partial charge in [0.05, 0.1) is 13.5 Å². The highest BCUT2D eigenvalue weighted by Gasteiger charge is 2.40. The lowest BCUT2D eigenvalue weighted by Crippen LogP contribution is -2.28.